The fraction of sp³-hybridized carbons (Fsp3) is 0.571. The summed E-state index contributed by atoms with van der Waals surface area (Å²) in [7, 11) is 3.74. The van der Waals surface area contributed by atoms with Crippen LogP contribution >= 0.6 is 11.6 Å². The molecule has 1 aliphatic carbocycles. The maximum absolute atomic E-state index is 6.32. The largest absolute Gasteiger partial charge is 0.383 e. The van der Waals surface area contributed by atoms with Gasteiger partial charge in [0, 0.05) is 33.3 Å². The molecule has 0 aliphatic heterocycles. The van der Waals surface area contributed by atoms with Crippen LogP contribution < -0.4 is 10.2 Å². The Morgan fingerprint density at radius 2 is 2.22 bits per heavy atom. The number of nitrogens with zero attached hydrogens (tertiary/aromatic N) is 1. The van der Waals surface area contributed by atoms with Crippen molar-refractivity contribution in [2.75, 3.05) is 32.2 Å². The molecule has 0 aromatic heterocycles. The average molecular weight is 269 g/mol. The van der Waals surface area contributed by atoms with Crippen molar-refractivity contribution in [3.8, 4) is 0 Å². The average Bonchev–Trinajstić information content (AvgIpc) is 3.17. The van der Waals surface area contributed by atoms with Crippen LogP contribution in [0.5, 0.6) is 0 Å². The zero-order chi connectivity index (χ0) is 13.0. The fourth-order valence-electron chi connectivity index (χ4n) is 1.87. The second-order valence-electron chi connectivity index (χ2n) is 4.86. The second-order valence-corrected chi connectivity index (χ2v) is 5.26. The van der Waals surface area contributed by atoms with Gasteiger partial charge in [-0.25, -0.2) is 0 Å². The molecule has 1 aromatic rings. The quantitative estimate of drug-likeness (QED) is 0.823. The molecule has 0 spiro atoms. The summed E-state index contributed by atoms with van der Waals surface area (Å²) in [5.41, 5.74) is 2.31. The van der Waals surface area contributed by atoms with Crippen molar-refractivity contribution in [3.63, 3.8) is 0 Å². The number of methoxy groups -OCH3 is 1. The highest BCUT2D eigenvalue weighted by molar-refractivity contribution is 6.33. The van der Waals surface area contributed by atoms with Gasteiger partial charge in [-0.15, -0.1) is 0 Å². The van der Waals surface area contributed by atoms with E-state index in [4.69, 9.17) is 16.3 Å². The van der Waals surface area contributed by atoms with Gasteiger partial charge in [0.25, 0.3) is 0 Å². The molecule has 0 amide bonds. The van der Waals surface area contributed by atoms with Crippen molar-refractivity contribution in [1.29, 1.82) is 0 Å². The van der Waals surface area contributed by atoms with Crippen LogP contribution in [-0.2, 0) is 11.3 Å². The summed E-state index contributed by atoms with van der Waals surface area (Å²) in [5.74, 6) is 0. The molecule has 18 heavy (non-hydrogen) atoms. The van der Waals surface area contributed by atoms with Crippen molar-refractivity contribution in [2.45, 2.75) is 25.4 Å². The van der Waals surface area contributed by atoms with Crippen molar-refractivity contribution in [1.82, 2.24) is 5.32 Å². The molecule has 1 aliphatic rings. The van der Waals surface area contributed by atoms with Gasteiger partial charge in [0.2, 0.25) is 0 Å². The number of likely N-dealkylation sites (N-methyl/N-ethyl adjacent to an activating group) is 1. The Balaban J connectivity index is 1.94. The lowest BCUT2D eigenvalue weighted by Gasteiger charge is -2.20. The standard InChI is InChI=1S/C14H21ClN2O/c1-17(7-8-18-2)14-6-3-11(9-13(14)15)10-16-12-4-5-12/h3,6,9,12,16H,4-5,7-8,10H2,1-2H3. The van der Waals surface area contributed by atoms with Gasteiger partial charge in [-0.1, -0.05) is 17.7 Å². The number of anilines is 1. The van der Waals surface area contributed by atoms with Crippen LogP contribution in [0, 0.1) is 0 Å². The van der Waals surface area contributed by atoms with Gasteiger partial charge in [0.05, 0.1) is 17.3 Å². The molecular formula is C14H21ClN2O. The molecule has 1 saturated carbocycles. The first kappa shape index (κ1) is 13.7. The third-order valence-corrected chi connectivity index (χ3v) is 3.53. The van der Waals surface area contributed by atoms with Crippen LogP contribution in [0.1, 0.15) is 18.4 Å². The number of hydrogen-bond donors (Lipinski definition) is 1. The summed E-state index contributed by atoms with van der Waals surface area (Å²) >= 11 is 6.32. The topological polar surface area (TPSA) is 24.5 Å². The molecule has 1 N–H and O–H groups in total. The molecule has 100 valence electrons. The van der Waals surface area contributed by atoms with Gasteiger partial charge in [-0.3, -0.25) is 0 Å². The van der Waals surface area contributed by atoms with Crippen LogP contribution in [0.25, 0.3) is 0 Å². The Hall–Kier alpha value is -0.770. The van der Waals surface area contributed by atoms with Crippen LogP contribution in [-0.4, -0.2) is 33.4 Å². The highest BCUT2D eigenvalue weighted by Crippen LogP contribution is 2.26. The van der Waals surface area contributed by atoms with E-state index in [1.54, 1.807) is 7.11 Å². The number of rotatable bonds is 7. The minimum atomic E-state index is 0.706. The normalized spacial score (nSPS) is 14.8. The molecule has 1 aromatic carbocycles. The number of benzene rings is 1. The fourth-order valence-corrected chi connectivity index (χ4v) is 2.22. The highest BCUT2D eigenvalue weighted by Gasteiger charge is 2.20. The Kier molecular flexibility index (Phi) is 4.87. The highest BCUT2D eigenvalue weighted by atomic mass is 35.5. The van der Waals surface area contributed by atoms with E-state index in [1.165, 1.54) is 18.4 Å². The minimum Gasteiger partial charge on any atom is -0.383 e. The van der Waals surface area contributed by atoms with Crippen molar-refractivity contribution < 1.29 is 4.74 Å². The Labute approximate surface area is 114 Å². The van der Waals surface area contributed by atoms with E-state index < -0.39 is 0 Å². The molecule has 0 bridgehead atoms. The Bertz CT molecular complexity index is 393. The predicted octanol–water partition coefficient (Wildman–Crippen LogP) is 2.67. The molecule has 0 saturated heterocycles. The molecule has 3 nitrogen and oxygen atoms in total. The van der Waals surface area contributed by atoms with E-state index in [0.717, 1.165) is 29.8 Å². The van der Waals surface area contributed by atoms with E-state index in [2.05, 4.69) is 28.4 Å². The lowest BCUT2D eigenvalue weighted by Crippen LogP contribution is -2.22. The molecule has 0 radical (unpaired) electrons. The van der Waals surface area contributed by atoms with Crippen molar-refractivity contribution in [3.05, 3.63) is 28.8 Å². The van der Waals surface area contributed by atoms with Crippen LogP contribution in [0.2, 0.25) is 5.02 Å². The number of hydrogen-bond acceptors (Lipinski definition) is 3. The summed E-state index contributed by atoms with van der Waals surface area (Å²) in [6, 6.07) is 7.00. The molecular weight excluding hydrogens is 248 g/mol. The van der Waals surface area contributed by atoms with Crippen LogP contribution in [0.4, 0.5) is 5.69 Å². The SMILES string of the molecule is COCCN(C)c1ccc(CNC2CC2)cc1Cl. The predicted molar refractivity (Wildman–Crippen MR) is 76.5 cm³/mol. The zero-order valence-electron chi connectivity index (χ0n) is 11.1. The van der Waals surface area contributed by atoms with E-state index in [0.29, 0.717) is 6.61 Å². The third kappa shape index (κ3) is 3.87. The van der Waals surface area contributed by atoms with E-state index in [1.807, 2.05) is 7.05 Å². The van der Waals surface area contributed by atoms with Crippen molar-refractivity contribution >= 4 is 17.3 Å². The first-order valence-corrected chi connectivity index (χ1v) is 6.80. The lowest BCUT2D eigenvalue weighted by molar-refractivity contribution is 0.206. The van der Waals surface area contributed by atoms with Crippen LogP contribution in [0.3, 0.4) is 0 Å². The minimum absolute atomic E-state index is 0.706. The first-order valence-electron chi connectivity index (χ1n) is 6.42. The van der Waals surface area contributed by atoms with E-state index in [9.17, 15) is 0 Å². The first-order chi connectivity index (χ1) is 8.70. The molecule has 0 heterocycles. The molecule has 2 rings (SSSR count). The van der Waals surface area contributed by atoms with Gasteiger partial charge in [-0.2, -0.15) is 0 Å². The van der Waals surface area contributed by atoms with Gasteiger partial charge in [-0.05, 0) is 30.5 Å². The maximum Gasteiger partial charge on any atom is 0.0642 e. The van der Waals surface area contributed by atoms with Crippen molar-refractivity contribution in [2.24, 2.45) is 0 Å². The lowest BCUT2D eigenvalue weighted by atomic mass is 10.2. The van der Waals surface area contributed by atoms with Gasteiger partial charge >= 0.3 is 0 Å². The molecule has 4 heteroatoms. The van der Waals surface area contributed by atoms with Gasteiger partial charge in [0.1, 0.15) is 0 Å². The Morgan fingerprint density at radius 3 is 2.83 bits per heavy atom. The van der Waals surface area contributed by atoms with Crippen LogP contribution in [0.15, 0.2) is 18.2 Å². The summed E-state index contributed by atoms with van der Waals surface area (Å²) < 4.78 is 5.07. The second kappa shape index (κ2) is 6.41. The maximum atomic E-state index is 6.32. The number of nitrogens with one attached hydrogen (secondary N) is 1. The summed E-state index contributed by atoms with van der Waals surface area (Å²) in [4.78, 5) is 2.12. The van der Waals surface area contributed by atoms with Gasteiger partial charge < -0.3 is 15.0 Å². The monoisotopic (exact) mass is 268 g/mol. The van der Waals surface area contributed by atoms with E-state index >= 15 is 0 Å². The Morgan fingerprint density at radius 1 is 1.44 bits per heavy atom. The number of halogens is 1. The summed E-state index contributed by atoms with van der Waals surface area (Å²) in [6.45, 7) is 2.46. The molecule has 0 unspecified atom stereocenters. The van der Waals surface area contributed by atoms with Gasteiger partial charge in [0.15, 0.2) is 0 Å². The molecule has 0 atom stereocenters. The zero-order valence-corrected chi connectivity index (χ0v) is 11.8. The summed E-state index contributed by atoms with van der Waals surface area (Å²) in [5, 5.41) is 4.30. The van der Waals surface area contributed by atoms with E-state index in [-0.39, 0.29) is 0 Å². The number of ether oxygens (including phenoxy) is 1. The third-order valence-electron chi connectivity index (χ3n) is 3.23. The summed E-state index contributed by atoms with van der Waals surface area (Å²) in [6.07, 6.45) is 2.62. The molecule has 1 fully saturated rings. The smallest absolute Gasteiger partial charge is 0.0642 e.